The Morgan fingerprint density at radius 1 is 1.07 bits per heavy atom. The van der Waals surface area contributed by atoms with Crippen molar-refractivity contribution in [2.45, 2.75) is 63.2 Å². The minimum atomic E-state index is -4.07. The number of sulfonamides is 1. The van der Waals surface area contributed by atoms with Crippen molar-refractivity contribution in [2.24, 2.45) is 0 Å². The number of esters is 1. The zero-order chi connectivity index (χ0) is 31.9. The molecule has 2 aromatic rings. The van der Waals surface area contributed by atoms with Gasteiger partial charge in [-0.1, -0.05) is 54.1 Å². The molecule has 3 rings (SSSR count). The lowest BCUT2D eigenvalue weighted by molar-refractivity contribution is -0.146. The van der Waals surface area contributed by atoms with Gasteiger partial charge >= 0.3 is 12.1 Å². The van der Waals surface area contributed by atoms with Crippen molar-refractivity contribution in [2.75, 3.05) is 7.11 Å². The lowest BCUT2D eigenvalue weighted by Gasteiger charge is -2.25. The normalized spacial score (nSPS) is 18.3. The maximum Gasteiger partial charge on any atom is 0.418 e. The van der Waals surface area contributed by atoms with E-state index in [1.165, 1.54) is 39.0 Å². The Labute approximate surface area is 249 Å². The fourth-order valence-electron chi connectivity index (χ4n) is 4.28. The third-order valence-corrected chi connectivity index (χ3v) is 8.17. The number of cyclic esters (lactones) is 1. The number of rotatable bonds is 11. The van der Waals surface area contributed by atoms with Crippen molar-refractivity contribution in [3.63, 3.8) is 0 Å². The van der Waals surface area contributed by atoms with Crippen LogP contribution in [0.15, 0.2) is 71.3 Å². The Kier molecular flexibility index (Phi) is 10.8. The van der Waals surface area contributed by atoms with Crippen LogP contribution < -0.4 is 15.4 Å². The van der Waals surface area contributed by atoms with Crippen LogP contribution in [-0.2, 0) is 45.1 Å². The standard InChI is InChI=1S/C29H34N4O9S/c1-6-22(30-25(34)18(3)32-43(39,40)21-14-12-17(2)13-15-21)27(36)33-24(19(4)42-29(33)38)26(35)31-23(28(37)41-5)16-20-10-8-7-9-11-20/h6-15,18-19,23-24,32H,16H2,1-5H3,(H,30,34)(H,31,35)/b22-6-/t18-,19+,23-,24-/m0/s1. The largest absolute Gasteiger partial charge is 0.467 e. The van der Waals surface area contributed by atoms with E-state index in [0.29, 0.717) is 4.90 Å². The summed E-state index contributed by atoms with van der Waals surface area (Å²) < 4.78 is 37.6. The smallest absolute Gasteiger partial charge is 0.418 e. The van der Waals surface area contributed by atoms with Crippen molar-refractivity contribution in [1.82, 2.24) is 20.3 Å². The number of benzene rings is 2. The van der Waals surface area contributed by atoms with Crippen molar-refractivity contribution in [3.8, 4) is 0 Å². The van der Waals surface area contributed by atoms with Gasteiger partial charge in [0, 0.05) is 6.42 Å². The monoisotopic (exact) mass is 614 g/mol. The lowest BCUT2D eigenvalue weighted by atomic mass is 10.0. The van der Waals surface area contributed by atoms with Gasteiger partial charge < -0.3 is 20.1 Å². The minimum Gasteiger partial charge on any atom is -0.467 e. The third kappa shape index (κ3) is 8.05. The van der Waals surface area contributed by atoms with Crippen LogP contribution in [0.3, 0.4) is 0 Å². The molecule has 14 heteroatoms. The summed E-state index contributed by atoms with van der Waals surface area (Å²) in [5.74, 6) is -3.57. The summed E-state index contributed by atoms with van der Waals surface area (Å²) in [6.45, 7) is 5.88. The van der Waals surface area contributed by atoms with Gasteiger partial charge in [-0.25, -0.2) is 22.9 Å². The Hall–Kier alpha value is -4.56. The number of amides is 4. The maximum absolute atomic E-state index is 13.4. The molecule has 43 heavy (non-hydrogen) atoms. The van der Waals surface area contributed by atoms with Crippen molar-refractivity contribution in [3.05, 3.63) is 77.5 Å². The highest BCUT2D eigenvalue weighted by atomic mass is 32.2. The fraction of sp³-hybridized carbons (Fsp3) is 0.345. The highest BCUT2D eigenvalue weighted by Crippen LogP contribution is 2.22. The Morgan fingerprint density at radius 3 is 2.28 bits per heavy atom. The predicted molar refractivity (Wildman–Crippen MR) is 154 cm³/mol. The van der Waals surface area contributed by atoms with Crippen LogP contribution in [0.5, 0.6) is 0 Å². The number of carbonyl (C=O) groups excluding carboxylic acids is 5. The first-order valence-corrected chi connectivity index (χ1v) is 14.8. The molecule has 4 amide bonds. The van der Waals surface area contributed by atoms with E-state index >= 15 is 0 Å². The van der Waals surface area contributed by atoms with Gasteiger partial charge in [0.2, 0.25) is 21.8 Å². The number of methoxy groups -OCH3 is 1. The predicted octanol–water partition coefficient (Wildman–Crippen LogP) is 1.32. The zero-order valence-electron chi connectivity index (χ0n) is 24.3. The Morgan fingerprint density at radius 2 is 1.70 bits per heavy atom. The van der Waals surface area contributed by atoms with E-state index in [-0.39, 0.29) is 11.3 Å². The fourth-order valence-corrected chi connectivity index (χ4v) is 5.48. The number of aryl methyl sites for hydroxylation is 1. The van der Waals surface area contributed by atoms with Crippen LogP contribution in [-0.4, -0.2) is 74.4 Å². The van der Waals surface area contributed by atoms with Crippen LogP contribution in [0, 0.1) is 6.92 Å². The molecule has 4 atom stereocenters. The molecule has 0 saturated carbocycles. The average Bonchev–Trinajstić information content (AvgIpc) is 3.28. The molecule has 0 aromatic heterocycles. The summed E-state index contributed by atoms with van der Waals surface area (Å²) in [6, 6.07) is 10.9. The summed E-state index contributed by atoms with van der Waals surface area (Å²) >= 11 is 0. The number of hydrogen-bond donors (Lipinski definition) is 3. The molecule has 13 nitrogen and oxygen atoms in total. The number of hydrogen-bond acceptors (Lipinski definition) is 9. The van der Waals surface area contributed by atoms with Gasteiger partial charge in [0.15, 0.2) is 6.04 Å². The van der Waals surface area contributed by atoms with Crippen LogP contribution in [0.2, 0.25) is 0 Å². The summed E-state index contributed by atoms with van der Waals surface area (Å²) in [7, 11) is -2.91. The number of carbonyl (C=O) groups is 5. The second-order valence-corrected chi connectivity index (χ2v) is 11.5. The zero-order valence-corrected chi connectivity index (χ0v) is 25.1. The first-order valence-electron chi connectivity index (χ1n) is 13.3. The molecular formula is C29H34N4O9S. The number of nitrogens with one attached hydrogen (secondary N) is 3. The Balaban J connectivity index is 1.75. The lowest BCUT2D eigenvalue weighted by Crippen LogP contribution is -2.56. The van der Waals surface area contributed by atoms with Crippen molar-refractivity contribution < 1.29 is 41.9 Å². The van der Waals surface area contributed by atoms with E-state index in [2.05, 4.69) is 15.4 Å². The summed E-state index contributed by atoms with van der Waals surface area (Å²) in [4.78, 5) is 65.3. The molecule has 0 aliphatic carbocycles. The molecule has 1 saturated heterocycles. The van der Waals surface area contributed by atoms with Gasteiger partial charge in [0.1, 0.15) is 17.8 Å². The molecule has 230 valence electrons. The quantitative estimate of drug-likeness (QED) is 0.249. The molecule has 3 N–H and O–H groups in total. The van der Waals surface area contributed by atoms with E-state index in [0.717, 1.165) is 18.2 Å². The number of allylic oxidation sites excluding steroid dienone is 1. The van der Waals surface area contributed by atoms with Crippen molar-refractivity contribution >= 4 is 39.8 Å². The number of nitrogens with zero attached hydrogens (tertiary/aromatic N) is 1. The van der Waals surface area contributed by atoms with E-state index in [9.17, 15) is 32.4 Å². The number of ether oxygens (including phenoxy) is 2. The van der Waals surface area contributed by atoms with Crippen LogP contribution in [0.4, 0.5) is 4.79 Å². The van der Waals surface area contributed by atoms with Gasteiger partial charge in [0.05, 0.1) is 18.0 Å². The summed E-state index contributed by atoms with van der Waals surface area (Å²) in [5.41, 5.74) is 1.17. The van der Waals surface area contributed by atoms with Gasteiger partial charge in [0.25, 0.3) is 5.91 Å². The first-order chi connectivity index (χ1) is 20.3. The molecule has 0 bridgehead atoms. The SMILES string of the molecule is C/C=C(\NC(=O)[C@H](C)NS(=O)(=O)c1ccc(C)cc1)C(=O)N1C(=O)O[C@H](C)[C@H]1C(=O)N[C@@H](Cc1ccccc1)C(=O)OC. The number of imide groups is 1. The van der Waals surface area contributed by atoms with Gasteiger partial charge in [-0.3, -0.25) is 14.4 Å². The Bertz CT molecular complexity index is 1510. The average molecular weight is 615 g/mol. The minimum absolute atomic E-state index is 0.0553. The molecule has 1 aliphatic rings. The molecule has 0 unspecified atom stereocenters. The molecule has 0 radical (unpaired) electrons. The van der Waals surface area contributed by atoms with E-state index < -0.39 is 69.7 Å². The molecule has 1 heterocycles. The van der Waals surface area contributed by atoms with E-state index in [1.54, 1.807) is 49.4 Å². The highest BCUT2D eigenvalue weighted by Gasteiger charge is 2.49. The topological polar surface area (TPSA) is 177 Å². The first kappa shape index (κ1) is 32.9. The second-order valence-electron chi connectivity index (χ2n) is 9.83. The van der Waals surface area contributed by atoms with Crippen LogP contribution >= 0.6 is 0 Å². The third-order valence-electron chi connectivity index (χ3n) is 6.61. The molecule has 1 fully saturated rings. The molecule has 1 aliphatic heterocycles. The molecular weight excluding hydrogens is 580 g/mol. The summed E-state index contributed by atoms with van der Waals surface area (Å²) in [5, 5.41) is 4.84. The van der Waals surface area contributed by atoms with Gasteiger partial charge in [-0.15, -0.1) is 0 Å². The van der Waals surface area contributed by atoms with Gasteiger partial charge in [-0.05, 0) is 45.4 Å². The van der Waals surface area contributed by atoms with Crippen LogP contribution in [0.1, 0.15) is 31.9 Å². The molecule has 0 spiro atoms. The van der Waals surface area contributed by atoms with E-state index in [4.69, 9.17) is 9.47 Å². The van der Waals surface area contributed by atoms with Gasteiger partial charge in [-0.2, -0.15) is 4.72 Å². The van der Waals surface area contributed by atoms with Crippen molar-refractivity contribution in [1.29, 1.82) is 0 Å². The van der Waals surface area contributed by atoms with Crippen LogP contribution in [0.25, 0.3) is 0 Å². The summed E-state index contributed by atoms with van der Waals surface area (Å²) in [6.07, 6.45) is -0.966. The maximum atomic E-state index is 13.4. The molecule has 2 aromatic carbocycles. The van der Waals surface area contributed by atoms with E-state index in [1.807, 2.05) is 0 Å². The second kappa shape index (κ2) is 14.1. The highest BCUT2D eigenvalue weighted by molar-refractivity contribution is 7.89.